The molecule has 6 heteroatoms. The van der Waals surface area contributed by atoms with Gasteiger partial charge in [0.2, 0.25) is 0 Å². The minimum atomic E-state index is -0.769. The first-order valence-electron chi connectivity index (χ1n) is 7.82. The Labute approximate surface area is 126 Å². The first-order chi connectivity index (χ1) is 10.0. The van der Waals surface area contributed by atoms with Crippen molar-refractivity contribution < 1.29 is 19.4 Å². The van der Waals surface area contributed by atoms with E-state index in [2.05, 4.69) is 0 Å². The van der Waals surface area contributed by atoms with E-state index in [0.717, 1.165) is 19.3 Å². The number of carboxylic acid groups (broad SMARTS) is 1. The fourth-order valence-corrected chi connectivity index (χ4v) is 3.19. The quantitative estimate of drug-likeness (QED) is 0.778. The number of ether oxygens (including phenoxy) is 1. The lowest BCUT2D eigenvalue weighted by molar-refractivity contribution is -0.148. The van der Waals surface area contributed by atoms with Crippen LogP contribution in [0, 0.1) is 5.41 Å². The van der Waals surface area contributed by atoms with Crippen LogP contribution in [0.25, 0.3) is 0 Å². The van der Waals surface area contributed by atoms with E-state index in [-0.39, 0.29) is 6.03 Å². The zero-order valence-electron chi connectivity index (χ0n) is 13.0. The van der Waals surface area contributed by atoms with E-state index in [1.807, 2.05) is 11.8 Å². The molecule has 6 nitrogen and oxygen atoms in total. The van der Waals surface area contributed by atoms with Gasteiger partial charge in [0, 0.05) is 32.8 Å². The van der Waals surface area contributed by atoms with Crippen LogP contribution in [0.5, 0.6) is 0 Å². The molecular formula is C15H26N2O4. The van der Waals surface area contributed by atoms with Crippen molar-refractivity contribution in [2.24, 2.45) is 5.41 Å². The molecule has 2 aliphatic rings. The maximum absolute atomic E-state index is 12.7. The number of nitrogens with zero attached hydrogens (tertiary/aromatic N) is 2. The highest BCUT2D eigenvalue weighted by molar-refractivity contribution is 5.80. The summed E-state index contributed by atoms with van der Waals surface area (Å²) in [6.07, 6.45) is 4.10. The van der Waals surface area contributed by atoms with E-state index < -0.39 is 11.4 Å². The normalized spacial score (nSPS) is 25.1. The first kappa shape index (κ1) is 16.1. The molecule has 1 heterocycles. The van der Waals surface area contributed by atoms with Gasteiger partial charge in [-0.1, -0.05) is 13.3 Å². The van der Waals surface area contributed by atoms with Gasteiger partial charge in [0.1, 0.15) is 0 Å². The molecule has 2 fully saturated rings. The number of amides is 2. The fourth-order valence-electron chi connectivity index (χ4n) is 3.19. The van der Waals surface area contributed by atoms with Crippen molar-refractivity contribution in [1.29, 1.82) is 0 Å². The van der Waals surface area contributed by atoms with E-state index in [4.69, 9.17) is 4.74 Å². The molecule has 1 saturated carbocycles. The number of carbonyl (C=O) groups excluding carboxylic acids is 1. The van der Waals surface area contributed by atoms with E-state index in [9.17, 15) is 14.7 Å². The number of aliphatic carboxylic acids is 1. The molecule has 0 aromatic rings. The Balaban J connectivity index is 2.01. The maximum Gasteiger partial charge on any atom is 0.320 e. The zero-order valence-corrected chi connectivity index (χ0v) is 13.0. The highest BCUT2D eigenvalue weighted by Crippen LogP contribution is 2.37. The Morgan fingerprint density at radius 2 is 2.14 bits per heavy atom. The SMILES string of the molecule is CCCC1(C(=O)O)CCN(C(=O)N(CCOC)C2CC2)C1. The first-order valence-corrected chi connectivity index (χ1v) is 7.82. The minimum Gasteiger partial charge on any atom is -0.481 e. The smallest absolute Gasteiger partial charge is 0.320 e. The number of urea groups is 1. The molecule has 2 amide bonds. The van der Waals surface area contributed by atoms with Crippen molar-refractivity contribution in [3.05, 3.63) is 0 Å². The molecule has 21 heavy (non-hydrogen) atoms. The summed E-state index contributed by atoms with van der Waals surface area (Å²) in [6, 6.07) is 0.299. The van der Waals surface area contributed by atoms with Gasteiger partial charge in [-0.2, -0.15) is 0 Å². The number of hydrogen-bond acceptors (Lipinski definition) is 3. The van der Waals surface area contributed by atoms with Gasteiger partial charge in [-0.3, -0.25) is 4.79 Å². The van der Waals surface area contributed by atoms with E-state index in [0.29, 0.717) is 45.1 Å². The molecule has 1 unspecified atom stereocenters. The third-order valence-corrected chi connectivity index (χ3v) is 4.58. The average Bonchev–Trinajstić information content (AvgIpc) is 3.19. The Morgan fingerprint density at radius 1 is 1.43 bits per heavy atom. The fraction of sp³-hybridized carbons (Fsp3) is 0.867. The summed E-state index contributed by atoms with van der Waals surface area (Å²) in [6.45, 7) is 3.98. The van der Waals surface area contributed by atoms with Crippen molar-refractivity contribution in [3.63, 3.8) is 0 Å². The number of hydrogen-bond donors (Lipinski definition) is 1. The van der Waals surface area contributed by atoms with Gasteiger partial charge >= 0.3 is 12.0 Å². The molecule has 0 aromatic carbocycles. The third kappa shape index (κ3) is 3.48. The highest BCUT2D eigenvalue weighted by atomic mass is 16.5. The van der Waals surface area contributed by atoms with Crippen molar-refractivity contribution in [2.75, 3.05) is 33.4 Å². The lowest BCUT2D eigenvalue weighted by Gasteiger charge is -2.29. The molecule has 0 radical (unpaired) electrons. The molecule has 120 valence electrons. The Morgan fingerprint density at radius 3 is 2.67 bits per heavy atom. The second-order valence-electron chi connectivity index (χ2n) is 6.21. The molecule has 0 aromatic heterocycles. The number of methoxy groups -OCH3 is 1. The molecule has 1 aliphatic carbocycles. The van der Waals surface area contributed by atoms with E-state index >= 15 is 0 Å². The van der Waals surface area contributed by atoms with Crippen LogP contribution in [0.3, 0.4) is 0 Å². The van der Waals surface area contributed by atoms with Gasteiger partial charge in [-0.15, -0.1) is 0 Å². The maximum atomic E-state index is 12.7. The average molecular weight is 298 g/mol. The van der Waals surface area contributed by atoms with Gasteiger partial charge in [0.25, 0.3) is 0 Å². The van der Waals surface area contributed by atoms with E-state index in [1.54, 1.807) is 12.0 Å². The summed E-state index contributed by atoms with van der Waals surface area (Å²) in [5, 5.41) is 9.52. The van der Waals surface area contributed by atoms with Crippen LogP contribution < -0.4 is 0 Å². The molecule has 1 atom stereocenters. The largest absolute Gasteiger partial charge is 0.481 e. The van der Waals surface area contributed by atoms with Gasteiger partial charge in [0.05, 0.1) is 12.0 Å². The van der Waals surface area contributed by atoms with Gasteiger partial charge in [-0.25, -0.2) is 4.79 Å². The highest BCUT2D eigenvalue weighted by Gasteiger charge is 2.47. The predicted octanol–water partition coefficient (Wildman–Crippen LogP) is 1.79. The van der Waals surface area contributed by atoms with Crippen molar-refractivity contribution in [1.82, 2.24) is 9.80 Å². The summed E-state index contributed by atoms with van der Waals surface area (Å²) in [4.78, 5) is 27.8. The monoisotopic (exact) mass is 298 g/mol. The Hall–Kier alpha value is -1.30. The summed E-state index contributed by atoms with van der Waals surface area (Å²) >= 11 is 0. The van der Waals surface area contributed by atoms with Crippen LogP contribution >= 0.6 is 0 Å². The summed E-state index contributed by atoms with van der Waals surface area (Å²) in [7, 11) is 1.63. The number of likely N-dealkylation sites (tertiary alicyclic amines) is 1. The lowest BCUT2D eigenvalue weighted by Crippen LogP contribution is -2.46. The van der Waals surface area contributed by atoms with Crippen molar-refractivity contribution in [2.45, 2.75) is 45.1 Å². The number of rotatable bonds is 7. The van der Waals surface area contributed by atoms with E-state index in [1.165, 1.54) is 0 Å². The topological polar surface area (TPSA) is 70.1 Å². The Kier molecular flexibility index (Phi) is 5.08. The van der Waals surface area contributed by atoms with Crippen molar-refractivity contribution >= 4 is 12.0 Å². The van der Waals surface area contributed by atoms with Gasteiger partial charge in [-0.05, 0) is 25.7 Å². The second-order valence-corrected chi connectivity index (χ2v) is 6.21. The third-order valence-electron chi connectivity index (χ3n) is 4.58. The second kappa shape index (κ2) is 6.64. The minimum absolute atomic E-state index is 0.0196. The molecule has 1 aliphatic heterocycles. The van der Waals surface area contributed by atoms with Crippen LogP contribution in [-0.4, -0.2) is 66.3 Å². The molecule has 1 saturated heterocycles. The summed E-state index contributed by atoms with van der Waals surface area (Å²) < 4.78 is 5.07. The summed E-state index contributed by atoms with van der Waals surface area (Å²) in [5.74, 6) is -0.769. The van der Waals surface area contributed by atoms with Crippen LogP contribution in [-0.2, 0) is 9.53 Å². The Bertz CT molecular complexity index is 397. The molecule has 0 spiro atoms. The van der Waals surface area contributed by atoms with Gasteiger partial charge in [0.15, 0.2) is 0 Å². The van der Waals surface area contributed by atoms with Crippen LogP contribution in [0.1, 0.15) is 39.0 Å². The van der Waals surface area contributed by atoms with Gasteiger partial charge < -0.3 is 19.6 Å². The zero-order chi connectivity index (χ0) is 15.5. The van der Waals surface area contributed by atoms with Crippen LogP contribution in [0.4, 0.5) is 4.79 Å². The number of carbonyl (C=O) groups is 2. The predicted molar refractivity (Wildman–Crippen MR) is 78.2 cm³/mol. The van der Waals surface area contributed by atoms with Crippen LogP contribution in [0.2, 0.25) is 0 Å². The number of carboxylic acids is 1. The summed E-state index contributed by atoms with van der Waals surface area (Å²) in [5.41, 5.74) is -0.749. The van der Waals surface area contributed by atoms with Crippen LogP contribution in [0.15, 0.2) is 0 Å². The standard InChI is InChI=1S/C15H26N2O4/c1-3-6-15(13(18)19)7-8-16(11-15)14(20)17(9-10-21-2)12-4-5-12/h12H,3-11H2,1-2H3,(H,18,19). The molecular weight excluding hydrogens is 272 g/mol. The molecule has 2 rings (SSSR count). The molecule has 1 N–H and O–H groups in total. The molecule has 0 bridgehead atoms. The van der Waals surface area contributed by atoms with Crippen molar-refractivity contribution in [3.8, 4) is 0 Å². The lowest BCUT2D eigenvalue weighted by atomic mass is 9.83.